The number of amides is 1. The number of aliphatic hydroxyl groups excluding tert-OH is 1. The number of carbonyl (C=O) groups excluding carboxylic acids is 2. The van der Waals surface area contributed by atoms with Crippen LogP contribution in [0.2, 0.25) is 0 Å². The van der Waals surface area contributed by atoms with Gasteiger partial charge < -0.3 is 24.7 Å². The van der Waals surface area contributed by atoms with Gasteiger partial charge in [-0.1, -0.05) is 32.9 Å². The predicted octanol–water partition coefficient (Wildman–Crippen LogP) is 4.46. The van der Waals surface area contributed by atoms with Crippen molar-refractivity contribution in [2.75, 3.05) is 33.8 Å². The van der Waals surface area contributed by atoms with Gasteiger partial charge in [-0.05, 0) is 75.3 Å². The van der Waals surface area contributed by atoms with Gasteiger partial charge in [0.05, 0.1) is 18.2 Å². The number of benzene rings is 2. The van der Waals surface area contributed by atoms with Gasteiger partial charge in [0.1, 0.15) is 17.3 Å². The maximum Gasteiger partial charge on any atom is 0.295 e. The van der Waals surface area contributed by atoms with Gasteiger partial charge >= 0.3 is 0 Å². The fraction of sp³-hybridized carbons (Fsp3) is 0.429. The minimum atomic E-state index is -0.748. The van der Waals surface area contributed by atoms with Crippen LogP contribution in [0.1, 0.15) is 56.8 Å². The monoisotopic (exact) mass is 480 g/mol. The van der Waals surface area contributed by atoms with E-state index in [0.717, 1.165) is 17.9 Å². The molecule has 2 aromatic rings. The van der Waals surface area contributed by atoms with E-state index in [9.17, 15) is 19.8 Å². The van der Waals surface area contributed by atoms with Gasteiger partial charge in [-0.25, -0.2) is 0 Å². The average molecular weight is 481 g/mol. The summed E-state index contributed by atoms with van der Waals surface area (Å²) in [5.74, 6) is -0.762. The number of aromatic hydroxyl groups is 1. The van der Waals surface area contributed by atoms with Gasteiger partial charge in [0.2, 0.25) is 0 Å². The first-order chi connectivity index (χ1) is 16.5. The highest BCUT2D eigenvalue weighted by molar-refractivity contribution is 6.46. The van der Waals surface area contributed by atoms with Crippen LogP contribution in [0.5, 0.6) is 11.5 Å². The Labute approximate surface area is 207 Å². The maximum atomic E-state index is 13.2. The molecule has 1 unspecified atom stereocenters. The molecule has 0 saturated carbocycles. The van der Waals surface area contributed by atoms with Crippen molar-refractivity contribution in [2.24, 2.45) is 0 Å². The second-order valence-electron chi connectivity index (χ2n) is 10.1. The smallest absolute Gasteiger partial charge is 0.295 e. The number of aliphatic hydroxyl groups is 1. The second kappa shape index (κ2) is 10.5. The Bertz CT molecular complexity index is 1110. The third-order valence-electron chi connectivity index (χ3n) is 6.11. The van der Waals surface area contributed by atoms with E-state index >= 15 is 0 Å². The van der Waals surface area contributed by atoms with E-state index in [1.54, 1.807) is 24.3 Å². The molecule has 0 spiro atoms. The van der Waals surface area contributed by atoms with Gasteiger partial charge in [0.15, 0.2) is 0 Å². The molecule has 1 aliphatic heterocycles. The lowest BCUT2D eigenvalue weighted by molar-refractivity contribution is -0.139. The van der Waals surface area contributed by atoms with Gasteiger partial charge in [-0.15, -0.1) is 0 Å². The maximum absolute atomic E-state index is 13.2. The number of Topliss-reactive ketones (excluding diaryl/α,β-unsaturated/α-hetero) is 1. The third kappa shape index (κ3) is 5.68. The SMILES string of the molecule is CCOc1ccc(/C(O)=C2/C(=O)C(=O)N(CCCN(C)C)C2c2ccc(O)cc2)cc1C(C)(C)C. The Morgan fingerprint density at radius 3 is 2.31 bits per heavy atom. The normalized spacial score (nSPS) is 17.9. The fourth-order valence-electron chi connectivity index (χ4n) is 4.37. The summed E-state index contributed by atoms with van der Waals surface area (Å²) in [6.07, 6.45) is 0.672. The van der Waals surface area contributed by atoms with Crippen LogP contribution in [0, 0.1) is 0 Å². The molecule has 7 nitrogen and oxygen atoms in total. The zero-order valence-electron chi connectivity index (χ0n) is 21.5. The summed E-state index contributed by atoms with van der Waals surface area (Å²) in [6.45, 7) is 9.68. The van der Waals surface area contributed by atoms with E-state index in [-0.39, 0.29) is 22.5 Å². The Balaban J connectivity index is 2.15. The molecule has 35 heavy (non-hydrogen) atoms. The van der Waals surface area contributed by atoms with Crippen LogP contribution >= 0.6 is 0 Å². The molecule has 0 radical (unpaired) electrons. The van der Waals surface area contributed by atoms with Gasteiger partial charge in [0.25, 0.3) is 11.7 Å². The highest BCUT2D eigenvalue weighted by Gasteiger charge is 2.45. The molecule has 1 fully saturated rings. The van der Waals surface area contributed by atoms with Crippen LogP contribution in [-0.4, -0.2) is 65.5 Å². The van der Waals surface area contributed by atoms with Crippen molar-refractivity contribution in [2.45, 2.75) is 45.6 Å². The molecule has 1 saturated heterocycles. The fourth-order valence-corrected chi connectivity index (χ4v) is 4.37. The van der Waals surface area contributed by atoms with Crippen LogP contribution in [0.3, 0.4) is 0 Å². The van der Waals surface area contributed by atoms with Crippen molar-refractivity contribution in [1.29, 1.82) is 0 Å². The summed E-state index contributed by atoms with van der Waals surface area (Å²) in [5.41, 5.74) is 1.78. The summed E-state index contributed by atoms with van der Waals surface area (Å²) >= 11 is 0. The number of phenols is 1. The molecule has 1 amide bonds. The molecule has 1 atom stereocenters. The zero-order valence-corrected chi connectivity index (χ0v) is 21.5. The largest absolute Gasteiger partial charge is 0.508 e. The number of likely N-dealkylation sites (tertiary alicyclic amines) is 1. The molecule has 7 heteroatoms. The zero-order chi connectivity index (χ0) is 25.9. The summed E-state index contributed by atoms with van der Waals surface area (Å²) in [7, 11) is 3.90. The molecular formula is C28H36N2O5. The van der Waals surface area contributed by atoms with E-state index in [1.165, 1.54) is 17.0 Å². The molecule has 0 aromatic heterocycles. The predicted molar refractivity (Wildman–Crippen MR) is 137 cm³/mol. The minimum Gasteiger partial charge on any atom is -0.508 e. The minimum absolute atomic E-state index is 0.0505. The molecule has 1 heterocycles. The Hall–Kier alpha value is -3.32. The van der Waals surface area contributed by atoms with E-state index in [4.69, 9.17) is 4.74 Å². The van der Waals surface area contributed by atoms with Crippen molar-refractivity contribution < 1.29 is 24.5 Å². The average Bonchev–Trinajstić information content (AvgIpc) is 3.03. The first-order valence-corrected chi connectivity index (χ1v) is 12.0. The van der Waals surface area contributed by atoms with Crippen molar-refractivity contribution >= 4 is 17.4 Å². The van der Waals surface area contributed by atoms with Crippen LogP contribution in [-0.2, 0) is 15.0 Å². The number of rotatable bonds is 8. The summed E-state index contributed by atoms with van der Waals surface area (Å²) < 4.78 is 5.79. The number of ether oxygens (including phenoxy) is 1. The van der Waals surface area contributed by atoms with Crippen LogP contribution in [0.15, 0.2) is 48.0 Å². The third-order valence-corrected chi connectivity index (χ3v) is 6.11. The number of hydrogen-bond acceptors (Lipinski definition) is 6. The first kappa shape index (κ1) is 26.3. The van der Waals surface area contributed by atoms with Crippen LogP contribution in [0.4, 0.5) is 0 Å². The summed E-state index contributed by atoms with van der Waals surface area (Å²) in [6, 6.07) is 11.0. The molecule has 1 aliphatic rings. The van der Waals surface area contributed by atoms with E-state index in [1.807, 2.05) is 32.0 Å². The van der Waals surface area contributed by atoms with Crippen molar-refractivity contribution in [1.82, 2.24) is 9.80 Å². The lowest BCUT2D eigenvalue weighted by atomic mass is 9.84. The first-order valence-electron chi connectivity index (χ1n) is 12.0. The van der Waals surface area contributed by atoms with Gasteiger partial charge in [-0.3, -0.25) is 9.59 Å². The molecule has 0 bridgehead atoms. The summed E-state index contributed by atoms with van der Waals surface area (Å²) in [4.78, 5) is 29.9. The standard InChI is InChI=1S/C28H36N2O5/c1-7-35-22-14-11-19(17-21(22)28(2,3)4)25(32)23-24(18-9-12-20(31)13-10-18)30(27(34)26(23)33)16-8-15-29(5)6/h9-14,17,24,31-32H,7-8,15-16H2,1-6H3/b25-23-. The van der Waals surface area contributed by atoms with Crippen LogP contribution in [0.25, 0.3) is 5.76 Å². The quantitative estimate of drug-likeness (QED) is 0.329. The molecule has 2 aromatic carbocycles. The number of nitrogens with zero attached hydrogens (tertiary/aromatic N) is 2. The number of carbonyl (C=O) groups is 2. The second-order valence-corrected chi connectivity index (χ2v) is 10.1. The number of ketones is 1. The topological polar surface area (TPSA) is 90.3 Å². The Morgan fingerprint density at radius 2 is 1.74 bits per heavy atom. The highest BCUT2D eigenvalue weighted by atomic mass is 16.5. The van der Waals surface area contributed by atoms with E-state index in [0.29, 0.717) is 30.7 Å². The van der Waals surface area contributed by atoms with Crippen molar-refractivity contribution in [3.05, 3.63) is 64.7 Å². The summed E-state index contributed by atoms with van der Waals surface area (Å²) in [5, 5.41) is 21.2. The Kier molecular flexibility index (Phi) is 7.90. The number of hydrogen-bond donors (Lipinski definition) is 2. The molecule has 0 aliphatic carbocycles. The molecular weight excluding hydrogens is 444 g/mol. The molecule has 2 N–H and O–H groups in total. The van der Waals surface area contributed by atoms with Crippen molar-refractivity contribution in [3.8, 4) is 11.5 Å². The molecule has 3 rings (SSSR count). The van der Waals surface area contributed by atoms with E-state index in [2.05, 4.69) is 20.8 Å². The van der Waals surface area contributed by atoms with E-state index < -0.39 is 17.7 Å². The van der Waals surface area contributed by atoms with Gasteiger partial charge in [0, 0.05) is 17.7 Å². The lowest BCUT2D eigenvalue weighted by Crippen LogP contribution is -2.32. The van der Waals surface area contributed by atoms with Crippen LogP contribution < -0.4 is 4.74 Å². The Morgan fingerprint density at radius 1 is 1.09 bits per heavy atom. The van der Waals surface area contributed by atoms with Crippen molar-refractivity contribution in [3.63, 3.8) is 0 Å². The van der Waals surface area contributed by atoms with Gasteiger partial charge in [-0.2, -0.15) is 0 Å². The molecule has 188 valence electrons. The lowest BCUT2D eigenvalue weighted by Gasteiger charge is -2.26. The highest BCUT2D eigenvalue weighted by Crippen LogP contribution is 2.41. The number of phenolic OH excluding ortho intramolecular Hbond substituents is 1.